The first-order valence-corrected chi connectivity index (χ1v) is 6.54. The Morgan fingerprint density at radius 3 is 2.40 bits per heavy atom. The van der Waals surface area contributed by atoms with E-state index >= 15 is 0 Å². The fourth-order valence-corrected chi connectivity index (χ4v) is 2.28. The molecule has 0 atom stereocenters. The van der Waals surface area contributed by atoms with E-state index in [9.17, 15) is 9.59 Å². The SMILES string of the molecule is CCc1ccc(-n2c(=O)[nH]c3ccccc3c2=O)cc1. The highest BCUT2D eigenvalue weighted by Crippen LogP contribution is 2.09. The number of aryl methyl sites for hydroxylation is 1. The zero-order valence-corrected chi connectivity index (χ0v) is 11.1. The van der Waals surface area contributed by atoms with Crippen molar-refractivity contribution in [2.24, 2.45) is 0 Å². The average molecular weight is 266 g/mol. The van der Waals surface area contributed by atoms with Gasteiger partial charge in [0.2, 0.25) is 0 Å². The van der Waals surface area contributed by atoms with Crippen molar-refractivity contribution < 1.29 is 0 Å². The summed E-state index contributed by atoms with van der Waals surface area (Å²) in [6.45, 7) is 2.06. The molecule has 0 saturated carbocycles. The molecule has 1 heterocycles. The third-order valence-electron chi connectivity index (χ3n) is 3.41. The Morgan fingerprint density at radius 1 is 1.00 bits per heavy atom. The van der Waals surface area contributed by atoms with Crippen LogP contribution >= 0.6 is 0 Å². The molecular weight excluding hydrogens is 252 g/mol. The lowest BCUT2D eigenvalue weighted by molar-refractivity contribution is 0.900. The van der Waals surface area contributed by atoms with E-state index in [1.807, 2.05) is 12.1 Å². The maximum atomic E-state index is 12.4. The average Bonchev–Trinajstić information content (AvgIpc) is 2.48. The third kappa shape index (κ3) is 1.95. The minimum Gasteiger partial charge on any atom is -0.306 e. The van der Waals surface area contributed by atoms with E-state index in [1.54, 1.807) is 36.4 Å². The number of hydrogen-bond donors (Lipinski definition) is 1. The number of benzene rings is 2. The first kappa shape index (κ1) is 12.4. The van der Waals surface area contributed by atoms with Crippen molar-refractivity contribution in [1.82, 2.24) is 9.55 Å². The monoisotopic (exact) mass is 266 g/mol. The Labute approximate surface area is 115 Å². The van der Waals surface area contributed by atoms with E-state index in [4.69, 9.17) is 0 Å². The summed E-state index contributed by atoms with van der Waals surface area (Å²) in [4.78, 5) is 27.3. The number of H-pyrrole nitrogens is 1. The molecule has 4 nitrogen and oxygen atoms in total. The van der Waals surface area contributed by atoms with Gasteiger partial charge in [-0.1, -0.05) is 31.2 Å². The summed E-state index contributed by atoms with van der Waals surface area (Å²) in [6, 6.07) is 14.5. The summed E-state index contributed by atoms with van der Waals surface area (Å²) in [7, 11) is 0. The summed E-state index contributed by atoms with van der Waals surface area (Å²) in [5, 5.41) is 0.506. The van der Waals surface area contributed by atoms with Gasteiger partial charge in [0, 0.05) is 0 Å². The Bertz CT molecular complexity index is 873. The van der Waals surface area contributed by atoms with E-state index in [2.05, 4.69) is 11.9 Å². The van der Waals surface area contributed by atoms with Crippen LogP contribution in [0.2, 0.25) is 0 Å². The molecule has 0 aliphatic rings. The number of nitrogens with zero attached hydrogens (tertiary/aromatic N) is 1. The lowest BCUT2D eigenvalue weighted by Crippen LogP contribution is -2.33. The Morgan fingerprint density at radius 2 is 1.70 bits per heavy atom. The maximum Gasteiger partial charge on any atom is 0.333 e. The molecule has 100 valence electrons. The van der Waals surface area contributed by atoms with Gasteiger partial charge >= 0.3 is 5.69 Å². The lowest BCUT2D eigenvalue weighted by Gasteiger charge is -2.07. The van der Waals surface area contributed by atoms with E-state index in [-0.39, 0.29) is 5.56 Å². The van der Waals surface area contributed by atoms with Gasteiger partial charge < -0.3 is 4.98 Å². The van der Waals surface area contributed by atoms with Gasteiger partial charge in [0.05, 0.1) is 16.6 Å². The molecule has 0 fully saturated rings. The summed E-state index contributed by atoms with van der Waals surface area (Å²) < 4.78 is 1.17. The largest absolute Gasteiger partial charge is 0.333 e. The molecule has 0 unspecified atom stereocenters. The van der Waals surface area contributed by atoms with Gasteiger partial charge in [-0.2, -0.15) is 0 Å². The van der Waals surface area contributed by atoms with Crippen molar-refractivity contribution in [2.45, 2.75) is 13.3 Å². The van der Waals surface area contributed by atoms with Gasteiger partial charge in [0.15, 0.2) is 0 Å². The number of para-hydroxylation sites is 1. The van der Waals surface area contributed by atoms with Crippen molar-refractivity contribution in [3.8, 4) is 5.69 Å². The lowest BCUT2D eigenvalue weighted by atomic mass is 10.1. The van der Waals surface area contributed by atoms with Crippen molar-refractivity contribution in [1.29, 1.82) is 0 Å². The molecule has 3 rings (SSSR count). The number of fused-ring (bicyclic) bond motifs is 1. The first-order valence-electron chi connectivity index (χ1n) is 6.54. The minimum absolute atomic E-state index is 0.298. The van der Waals surface area contributed by atoms with E-state index in [1.165, 1.54) is 10.1 Å². The van der Waals surface area contributed by atoms with Crippen molar-refractivity contribution in [3.63, 3.8) is 0 Å². The highest BCUT2D eigenvalue weighted by molar-refractivity contribution is 5.77. The van der Waals surface area contributed by atoms with Crippen LogP contribution in [0.1, 0.15) is 12.5 Å². The van der Waals surface area contributed by atoms with Crippen LogP contribution in [0.3, 0.4) is 0 Å². The number of hydrogen-bond acceptors (Lipinski definition) is 2. The molecule has 0 aliphatic carbocycles. The smallest absolute Gasteiger partial charge is 0.306 e. The van der Waals surface area contributed by atoms with Crippen molar-refractivity contribution >= 4 is 10.9 Å². The molecule has 0 aliphatic heterocycles. The summed E-state index contributed by atoms with van der Waals surface area (Å²) in [6.07, 6.45) is 0.920. The molecule has 1 aromatic heterocycles. The summed E-state index contributed by atoms with van der Waals surface area (Å²) in [5.41, 5.74) is 1.59. The molecule has 2 aromatic carbocycles. The third-order valence-corrected chi connectivity index (χ3v) is 3.41. The van der Waals surface area contributed by atoms with Crippen molar-refractivity contribution in [3.05, 3.63) is 74.9 Å². The number of rotatable bonds is 2. The van der Waals surface area contributed by atoms with Crippen LogP contribution in [0.15, 0.2) is 58.1 Å². The normalized spacial score (nSPS) is 10.8. The summed E-state index contributed by atoms with van der Waals surface area (Å²) >= 11 is 0. The van der Waals surface area contributed by atoms with Crippen LogP contribution in [0.4, 0.5) is 0 Å². The molecule has 20 heavy (non-hydrogen) atoms. The van der Waals surface area contributed by atoms with Crippen LogP contribution in [0.5, 0.6) is 0 Å². The second-order valence-electron chi connectivity index (χ2n) is 4.64. The maximum absolute atomic E-state index is 12.4. The molecule has 0 saturated heterocycles. The number of aromatic nitrogens is 2. The fraction of sp³-hybridized carbons (Fsp3) is 0.125. The van der Waals surface area contributed by atoms with Crippen LogP contribution in [-0.2, 0) is 6.42 Å². The number of aromatic amines is 1. The molecule has 3 aromatic rings. The van der Waals surface area contributed by atoms with Gasteiger partial charge in [-0.25, -0.2) is 9.36 Å². The Balaban J connectivity index is 2.30. The minimum atomic E-state index is -0.419. The van der Waals surface area contributed by atoms with E-state index in [0.717, 1.165) is 6.42 Å². The molecule has 0 bridgehead atoms. The van der Waals surface area contributed by atoms with Crippen LogP contribution < -0.4 is 11.2 Å². The van der Waals surface area contributed by atoms with Crippen LogP contribution in [-0.4, -0.2) is 9.55 Å². The Hall–Kier alpha value is -2.62. The first-order chi connectivity index (χ1) is 9.70. The second-order valence-corrected chi connectivity index (χ2v) is 4.64. The highest BCUT2D eigenvalue weighted by Gasteiger charge is 2.08. The molecule has 0 amide bonds. The molecule has 0 radical (unpaired) electrons. The Kier molecular flexibility index (Phi) is 2.99. The second kappa shape index (κ2) is 4.81. The zero-order chi connectivity index (χ0) is 14.1. The van der Waals surface area contributed by atoms with Gasteiger partial charge in [0.25, 0.3) is 5.56 Å². The predicted octanol–water partition coefficient (Wildman–Crippen LogP) is 2.24. The molecule has 1 N–H and O–H groups in total. The molecular formula is C16H14N2O2. The molecule has 0 spiro atoms. The van der Waals surface area contributed by atoms with E-state index < -0.39 is 5.69 Å². The van der Waals surface area contributed by atoms with Crippen LogP contribution in [0.25, 0.3) is 16.6 Å². The van der Waals surface area contributed by atoms with Crippen molar-refractivity contribution in [2.75, 3.05) is 0 Å². The van der Waals surface area contributed by atoms with Gasteiger partial charge in [0.1, 0.15) is 0 Å². The van der Waals surface area contributed by atoms with E-state index in [0.29, 0.717) is 16.6 Å². The van der Waals surface area contributed by atoms with Gasteiger partial charge in [-0.05, 0) is 36.2 Å². The standard InChI is InChI=1S/C16H14N2O2/c1-2-11-7-9-12(10-8-11)18-15(19)13-5-3-4-6-14(13)17-16(18)20/h3-10H,2H2,1H3,(H,17,20). The predicted molar refractivity (Wildman–Crippen MR) is 79.5 cm³/mol. The highest BCUT2D eigenvalue weighted by atomic mass is 16.2. The summed E-state index contributed by atoms with van der Waals surface area (Å²) in [5.74, 6) is 0. The quantitative estimate of drug-likeness (QED) is 0.773. The van der Waals surface area contributed by atoms with Crippen LogP contribution in [0, 0.1) is 0 Å². The number of nitrogens with one attached hydrogen (secondary N) is 1. The molecule has 4 heteroatoms. The van der Waals surface area contributed by atoms with Gasteiger partial charge in [-0.15, -0.1) is 0 Å². The topological polar surface area (TPSA) is 54.9 Å². The fourth-order valence-electron chi connectivity index (χ4n) is 2.28. The van der Waals surface area contributed by atoms with Gasteiger partial charge in [-0.3, -0.25) is 4.79 Å². The zero-order valence-electron chi connectivity index (χ0n) is 11.1.